The fourth-order valence-electron chi connectivity index (χ4n) is 4.32. The zero-order valence-electron chi connectivity index (χ0n) is 13.7. The Hall–Kier alpha value is -2.10. The van der Waals surface area contributed by atoms with Crippen molar-refractivity contribution >= 4 is 11.6 Å². The number of rotatable bonds is 3. The number of amides is 1. The molecular weight excluding hydrogens is 286 g/mol. The average Bonchev–Trinajstić information content (AvgIpc) is 3.27. The molecule has 1 amide bonds. The number of carbonyl (C=O) groups excluding carboxylic acids is 1. The monoisotopic (exact) mass is 309 g/mol. The first-order valence-electron chi connectivity index (χ1n) is 8.55. The smallest absolute Gasteiger partial charge is 0.227 e. The molecule has 4 heteroatoms. The SMILES string of the molecule is Cn1cc(CCC(=O)N2CC3(CCCC3)c3ccccc32)cn1. The number of fused-ring (bicyclic) bond motifs is 2. The minimum absolute atomic E-state index is 0.223. The Labute approximate surface area is 137 Å². The lowest BCUT2D eigenvalue weighted by molar-refractivity contribution is -0.118. The predicted octanol–water partition coefficient (Wildman–Crippen LogP) is 3.21. The Morgan fingerprint density at radius 2 is 2.04 bits per heavy atom. The minimum atomic E-state index is 0.223. The molecule has 1 spiro atoms. The second-order valence-electron chi connectivity index (χ2n) is 7.01. The average molecular weight is 309 g/mol. The number of anilines is 1. The van der Waals surface area contributed by atoms with E-state index < -0.39 is 0 Å². The van der Waals surface area contributed by atoms with E-state index in [-0.39, 0.29) is 11.3 Å². The molecule has 1 aromatic heterocycles. The molecule has 0 N–H and O–H groups in total. The predicted molar refractivity (Wildman–Crippen MR) is 90.5 cm³/mol. The van der Waals surface area contributed by atoms with E-state index in [2.05, 4.69) is 23.3 Å². The van der Waals surface area contributed by atoms with E-state index >= 15 is 0 Å². The third-order valence-electron chi connectivity index (χ3n) is 5.47. The Balaban J connectivity index is 1.54. The van der Waals surface area contributed by atoms with Gasteiger partial charge in [0.15, 0.2) is 0 Å². The van der Waals surface area contributed by atoms with Gasteiger partial charge < -0.3 is 4.90 Å². The van der Waals surface area contributed by atoms with Gasteiger partial charge in [0.1, 0.15) is 0 Å². The summed E-state index contributed by atoms with van der Waals surface area (Å²) >= 11 is 0. The highest BCUT2D eigenvalue weighted by atomic mass is 16.2. The molecule has 2 heterocycles. The van der Waals surface area contributed by atoms with Gasteiger partial charge in [-0.3, -0.25) is 9.48 Å². The zero-order chi connectivity index (χ0) is 15.9. The normalized spacial score (nSPS) is 18.6. The van der Waals surface area contributed by atoms with Gasteiger partial charge in [0.2, 0.25) is 5.91 Å². The Bertz CT molecular complexity index is 728. The van der Waals surface area contributed by atoms with Crippen molar-refractivity contribution in [2.24, 2.45) is 7.05 Å². The lowest BCUT2D eigenvalue weighted by Gasteiger charge is -2.24. The number of benzene rings is 1. The van der Waals surface area contributed by atoms with Crippen LogP contribution in [0.4, 0.5) is 5.69 Å². The summed E-state index contributed by atoms with van der Waals surface area (Å²) in [6, 6.07) is 8.51. The van der Waals surface area contributed by atoms with Gasteiger partial charge in [-0.2, -0.15) is 5.10 Å². The van der Waals surface area contributed by atoms with Crippen molar-refractivity contribution in [3.8, 4) is 0 Å². The van der Waals surface area contributed by atoms with Gasteiger partial charge in [0, 0.05) is 37.3 Å². The van der Waals surface area contributed by atoms with Crippen molar-refractivity contribution in [3.63, 3.8) is 0 Å². The third-order valence-corrected chi connectivity index (χ3v) is 5.47. The molecule has 23 heavy (non-hydrogen) atoms. The Kier molecular flexibility index (Phi) is 3.47. The van der Waals surface area contributed by atoms with E-state index in [4.69, 9.17) is 0 Å². The number of para-hydroxylation sites is 1. The summed E-state index contributed by atoms with van der Waals surface area (Å²) in [7, 11) is 1.91. The van der Waals surface area contributed by atoms with Crippen molar-refractivity contribution in [2.75, 3.05) is 11.4 Å². The quantitative estimate of drug-likeness (QED) is 0.873. The van der Waals surface area contributed by atoms with Crippen LogP contribution in [0.25, 0.3) is 0 Å². The first-order valence-corrected chi connectivity index (χ1v) is 8.55. The van der Waals surface area contributed by atoms with Crippen molar-refractivity contribution in [1.29, 1.82) is 0 Å². The second-order valence-corrected chi connectivity index (χ2v) is 7.01. The Morgan fingerprint density at radius 3 is 2.78 bits per heavy atom. The molecule has 2 aromatic rings. The largest absolute Gasteiger partial charge is 0.311 e. The van der Waals surface area contributed by atoms with Crippen LogP contribution in [0.15, 0.2) is 36.7 Å². The highest BCUT2D eigenvalue weighted by Gasteiger charge is 2.45. The van der Waals surface area contributed by atoms with Crippen LogP contribution in [0, 0.1) is 0 Å². The molecule has 4 nitrogen and oxygen atoms in total. The Morgan fingerprint density at radius 1 is 1.26 bits per heavy atom. The van der Waals surface area contributed by atoms with Crippen LogP contribution >= 0.6 is 0 Å². The van der Waals surface area contributed by atoms with Crippen LogP contribution in [0.2, 0.25) is 0 Å². The molecule has 2 aliphatic rings. The molecule has 1 aliphatic heterocycles. The number of hydrogen-bond donors (Lipinski definition) is 0. The van der Waals surface area contributed by atoms with Crippen LogP contribution in [0.1, 0.15) is 43.2 Å². The summed E-state index contributed by atoms with van der Waals surface area (Å²) in [6.45, 7) is 0.873. The molecule has 0 saturated heterocycles. The lowest BCUT2D eigenvalue weighted by Crippen LogP contribution is -2.35. The summed E-state index contributed by atoms with van der Waals surface area (Å²) in [5, 5.41) is 4.18. The molecule has 1 saturated carbocycles. The third kappa shape index (κ3) is 2.46. The van der Waals surface area contributed by atoms with E-state index in [0.717, 1.165) is 24.2 Å². The van der Waals surface area contributed by atoms with Crippen molar-refractivity contribution in [2.45, 2.75) is 43.9 Å². The van der Waals surface area contributed by atoms with Crippen LogP contribution in [0.5, 0.6) is 0 Å². The zero-order valence-corrected chi connectivity index (χ0v) is 13.7. The fourth-order valence-corrected chi connectivity index (χ4v) is 4.32. The van der Waals surface area contributed by atoms with E-state index in [9.17, 15) is 4.79 Å². The molecule has 1 aliphatic carbocycles. The van der Waals surface area contributed by atoms with Gasteiger partial charge in [-0.05, 0) is 36.5 Å². The first-order chi connectivity index (χ1) is 11.2. The molecule has 4 rings (SSSR count). The first kappa shape index (κ1) is 14.5. The number of aromatic nitrogens is 2. The van der Waals surface area contributed by atoms with Gasteiger partial charge >= 0.3 is 0 Å². The molecule has 1 fully saturated rings. The summed E-state index contributed by atoms with van der Waals surface area (Å²) in [5.74, 6) is 0.241. The van der Waals surface area contributed by atoms with Gasteiger partial charge in [-0.15, -0.1) is 0 Å². The van der Waals surface area contributed by atoms with Crippen molar-refractivity contribution < 1.29 is 4.79 Å². The second kappa shape index (κ2) is 5.52. The van der Waals surface area contributed by atoms with E-state index in [1.54, 1.807) is 4.68 Å². The maximum atomic E-state index is 12.8. The molecule has 0 atom stereocenters. The highest BCUT2D eigenvalue weighted by molar-refractivity contribution is 5.96. The minimum Gasteiger partial charge on any atom is -0.311 e. The topological polar surface area (TPSA) is 38.1 Å². The van der Waals surface area contributed by atoms with Gasteiger partial charge in [-0.1, -0.05) is 31.0 Å². The van der Waals surface area contributed by atoms with Gasteiger partial charge in [0.05, 0.1) is 6.20 Å². The molecule has 0 bridgehead atoms. The van der Waals surface area contributed by atoms with E-state index in [1.165, 1.54) is 31.2 Å². The summed E-state index contributed by atoms with van der Waals surface area (Å²) in [4.78, 5) is 14.9. The highest BCUT2D eigenvalue weighted by Crippen LogP contribution is 2.50. The lowest BCUT2D eigenvalue weighted by atomic mass is 9.81. The molecular formula is C19H23N3O. The maximum Gasteiger partial charge on any atom is 0.227 e. The number of nitrogens with zero attached hydrogens (tertiary/aromatic N) is 3. The summed E-state index contributed by atoms with van der Waals surface area (Å²) < 4.78 is 1.79. The van der Waals surface area contributed by atoms with Gasteiger partial charge in [-0.25, -0.2) is 0 Å². The maximum absolute atomic E-state index is 12.8. The van der Waals surface area contributed by atoms with E-state index in [0.29, 0.717) is 6.42 Å². The van der Waals surface area contributed by atoms with Crippen LogP contribution < -0.4 is 4.90 Å². The van der Waals surface area contributed by atoms with E-state index in [1.807, 2.05) is 30.4 Å². The van der Waals surface area contributed by atoms with Crippen LogP contribution in [0.3, 0.4) is 0 Å². The fraction of sp³-hybridized carbons (Fsp3) is 0.474. The molecule has 120 valence electrons. The summed E-state index contributed by atoms with van der Waals surface area (Å²) in [5.41, 5.74) is 3.89. The molecule has 1 aromatic carbocycles. The number of aryl methyl sites for hydroxylation is 2. The van der Waals surface area contributed by atoms with Gasteiger partial charge in [0.25, 0.3) is 0 Å². The molecule has 0 unspecified atom stereocenters. The number of hydrogen-bond acceptors (Lipinski definition) is 2. The van der Waals surface area contributed by atoms with Crippen LogP contribution in [-0.2, 0) is 23.7 Å². The summed E-state index contributed by atoms with van der Waals surface area (Å²) in [6.07, 6.45) is 10.2. The van der Waals surface area contributed by atoms with Crippen LogP contribution in [-0.4, -0.2) is 22.2 Å². The standard InChI is InChI=1S/C19H23N3O/c1-21-13-15(12-20-21)8-9-18(23)22-14-19(10-4-5-11-19)16-6-2-3-7-17(16)22/h2-3,6-7,12-13H,4-5,8-11,14H2,1H3. The number of carbonyl (C=O) groups is 1. The van der Waals surface area contributed by atoms with Crippen molar-refractivity contribution in [3.05, 3.63) is 47.8 Å². The molecule has 0 radical (unpaired) electrons. The van der Waals surface area contributed by atoms with Crippen molar-refractivity contribution in [1.82, 2.24) is 9.78 Å².